The van der Waals surface area contributed by atoms with Crippen LogP contribution in [0, 0.1) is 6.92 Å². The highest BCUT2D eigenvalue weighted by Crippen LogP contribution is 2.31. The molecular formula is C16H11BrClN. The second-order valence-electron chi connectivity index (χ2n) is 4.47. The Hall–Kier alpha value is -1.38. The first-order valence-electron chi connectivity index (χ1n) is 5.97. The molecule has 0 unspecified atom stereocenters. The molecule has 0 atom stereocenters. The molecule has 0 fully saturated rings. The minimum atomic E-state index is 0.736. The SMILES string of the molecule is Cc1cc2c(Cl)cc(-c3ccccc3)nc2cc1Br. The smallest absolute Gasteiger partial charge is 0.0735 e. The van der Waals surface area contributed by atoms with Crippen LogP contribution in [0.4, 0.5) is 0 Å². The van der Waals surface area contributed by atoms with Gasteiger partial charge in [-0.2, -0.15) is 0 Å². The minimum Gasteiger partial charge on any atom is -0.248 e. The Morgan fingerprint density at radius 3 is 2.53 bits per heavy atom. The molecule has 94 valence electrons. The lowest BCUT2D eigenvalue weighted by Gasteiger charge is -2.07. The molecule has 0 N–H and O–H groups in total. The predicted molar refractivity (Wildman–Crippen MR) is 84.6 cm³/mol. The number of halogens is 2. The van der Waals surface area contributed by atoms with Crippen molar-refractivity contribution in [2.45, 2.75) is 6.92 Å². The van der Waals surface area contributed by atoms with Crippen molar-refractivity contribution in [3.05, 3.63) is 63.6 Å². The maximum absolute atomic E-state index is 6.38. The molecule has 3 rings (SSSR count). The maximum Gasteiger partial charge on any atom is 0.0735 e. The number of hydrogen-bond donors (Lipinski definition) is 0. The van der Waals surface area contributed by atoms with Crippen molar-refractivity contribution in [2.75, 3.05) is 0 Å². The third kappa shape index (κ3) is 2.38. The predicted octanol–water partition coefficient (Wildman–Crippen LogP) is 5.63. The number of hydrogen-bond acceptors (Lipinski definition) is 1. The molecule has 0 aliphatic heterocycles. The molecule has 0 amide bonds. The summed E-state index contributed by atoms with van der Waals surface area (Å²) in [5.41, 5.74) is 4.03. The van der Waals surface area contributed by atoms with Crippen LogP contribution in [0.5, 0.6) is 0 Å². The maximum atomic E-state index is 6.38. The molecule has 2 aromatic carbocycles. The number of benzene rings is 2. The van der Waals surface area contributed by atoms with Gasteiger partial charge >= 0.3 is 0 Å². The summed E-state index contributed by atoms with van der Waals surface area (Å²) in [5.74, 6) is 0. The quantitative estimate of drug-likeness (QED) is 0.563. The van der Waals surface area contributed by atoms with E-state index >= 15 is 0 Å². The summed E-state index contributed by atoms with van der Waals surface area (Å²) in [6.45, 7) is 2.05. The molecule has 1 heterocycles. The number of fused-ring (bicyclic) bond motifs is 1. The normalized spacial score (nSPS) is 10.9. The van der Waals surface area contributed by atoms with Crippen molar-refractivity contribution in [1.29, 1.82) is 0 Å². The third-order valence-corrected chi connectivity index (χ3v) is 4.28. The Morgan fingerprint density at radius 2 is 1.79 bits per heavy atom. The van der Waals surface area contributed by atoms with Crippen LogP contribution in [-0.4, -0.2) is 4.98 Å². The van der Waals surface area contributed by atoms with E-state index in [1.54, 1.807) is 0 Å². The first-order valence-corrected chi connectivity index (χ1v) is 7.14. The monoisotopic (exact) mass is 331 g/mol. The molecular weight excluding hydrogens is 322 g/mol. The van der Waals surface area contributed by atoms with Crippen LogP contribution in [-0.2, 0) is 0 Å². The number of nitrogens with zero attached hydrogens (tertiary/aromatic N) is 1. The number of aromatic nitrogens is 1. The lowest BCUT2D eigenvalue weighted by Crippen LogP contribution is -1.88. The first-order chi connectivity index (χ1) is 9.15. The van der Waals surface area contributed by atoms with Crippen LogP contribution in [0.2, 0.25) is 5.02 Å². The summed E-state index contributed by atoms with van der Waals surface area (Å²) in [6.07, 6.45) is 0. The van der Waals surface area contributed by atoms with Gasteiger partial charge in [-0.3, -0.25) is 0 Å². The van der Waals surface area contributed by atoms with Crippen molar-refractivity contribution in [3.8, 4) is 11.3 Å². The molecule has 3 heteroatoms. The molecule has 0 spiro atoms. The number of pyridine rings is 1. The fraction of sp³-hybridized carbons (Fsp3) is 0.0625. The molecule has 19 heavy (non-hydrogen) atoms. The van der Waals surface area contributed by atoms with Gasteiger partial charge in [-0.15, -0.1) is 0 Å². The first kappa shape index (κ1) is 12.6. The van der Waals surface area contributed by atoms with Gasteiger partial charge in [0.05, 0.1) is 16.2 Å². The molecule has 0 bridgehead atoms. The highest BCUT2D eigenvalue weighted by Gasteiger charge is 2.08. The van der Waals surface area contributed by atoms with E-state index in [1.165, 1.54) is 0 Å². The van der Waals surface area contributed by atoms with Crippen molar-refractivity contribution in [1.82, 2.24) is 4.98 Å². The second-order valence-corrected chi connectivity index (χ2v) is 5.74. The summed E-state index contributed by atoms with van der Waals surface area (Å²) in [5, 5.41) is 1.72. The highest BCUT2D eigenvalue weighted by molar-refractivity contribution is 9.10. The van der Waals surface area contributed by atoms with E-state index < -0.39 is 0 Å². The zero-order valence-electron chi connectivity index (χ0n) is 10.3. The van der Waals surface area contributed by atoms with E-state index in [9.17, 15) is 0 Å². The average Bonchev–Trinajstić information content (AvgIpc) is 2.42. The van der Waals surface area contributed by atoms with Gasteiger partial charge in [0.2, 0.25) is 0 Å². The summed E-state index contributed by atoms with van der Waals surface area (Å²) in [6, 6.07) is 16.1. The molecule has 0 radical (unpaired) electrons. The number of aryl methyl sites for hydroxylation is 1. The lowest BCUT2D eigenvalue weighted by atomic mass is 10.1. The van der Waals surface area contributed by atoms with Gasteiger partial charge in [0, 0.05) is 15.4 Å². The largest absolute Gasteiger partial charge is 0.248 e. The van der Waals surface area contributed by atoms with Crippen molar-refractivity contribution >= 4 is 38.4 Å². The zero-order valence-corrected chi connectivity index (χ0v) is 12.7. The molecule has 0 saturated heterocycles. The molecule has 0 aliphatic rings. The van der Waals surface area contributed by atoms with Crippen molar-refractivity contribution in [3.63, 3.8) is 0 Å². The Bertz CT molecular complexity index is 754. The van der Waals surface area contributed by atoms with Gasteiger partial charge in [-0.1, -0.05) is 57.9 Å². The molecule has 1 aromatic heterocycles. The van der Waals surface area contributed by atoms with E-state index in [0.717, 1.165) is 37.2 Å². The second kappa shape index (κ2) is 4.95. The van der Waals surface area contributed by atoms with Crippen LogP contribution >= 0.6 is 27.5 Å². The van der Waals surface area contributed by atoms with Gasteiger partial charge in [0.25, 0.3) is 0 Å². The topological polar surface area (TPSA) is 12.9 Å². The lowest BCUT2D eigenvalue weighted by molar-refractivity contribution is 1.37. The summed E-state index contributed by atoms with van der Waals surface area (Å²) < 4.78 is 1.05. The standard InChI is InChI=1S/C16H11BrClN/c1-10-7-12-14(18)9-15(11-5-3-2-4-6-11)19-16(12)8-13(10)17/h2-9H,1H3. The van der Waals surface area contributed by atoms with Crippen LogP contribution in [0.3, 0.4) is 0 Å². The Kier molecular flexibility index (Phi) is 3.29. The minimum absolute atomic E-state index is 0.736. The Morgan fingerprint density at radius 1 is 1.05 bits per heavy atom. The van der Waals surface area contributed by atoms with E-state index in [-0.39, 0.29) is 0 Å². The van der Waals surface area contributed by atoms with Gasteiger partial charge in [0.1, 0.15) is 0 Å². The van der Waals surface area contributed by atoms with Gasteiger partial charge in [-0.25, -0.2) is 4.98 Å². The van der Waals surface area contributed by atoms with Crippen LogP contribution in [0.25, 0.3) is 22.2 Å². The summed E-state index contributed by atoms with van der Waals surface area (Å²) >= 11 is 9.92. The zero-order chi connectivity index (χ0) is 13.4. The van der Waals surface area contributed by atoms with Gasteiger partial charge in [0.15, 0.2) is 0 Å². The summed E-state index contributed by atoms with van der Waals surface area (Å²) in [4.78, 5) is 4.69. The van der Waals surface area contributed by atoms with Crippen molar-refractivity contribution in [2.24, 2.45) is 0 Å². The third-order valence-electron chi connectivity index (χ3n) is 3.11. The average molecular weight is 333 g/mol. The van der Waals surface area contributed by atoms with Gasteiger partial charge < -0.3 is 0 Å². The molecule has 0 saturated carbocycles. The van der Waals surface area contributed by atoms with Crippen LogP contribution < -0.4 is 0 Å². The van der Waals surface area contributed by atoms with E-state index in [1.807, 2.05) is 49.4 Å². The van der Waals surface area contributed by atoms with E-state index in [4.69, 9.17) is 16.6 Å². The Labute approximate surface area is 125 Å². The summed E-state index contributed by atoms with van der Waals surface area (Å²) in [7, 11) is 0. The molecule has 0 aliphatic carbocycles. The molecule has 3 aromatic rings. The highest BCUT2D eigenvalue weighted by atomic mass is 79.9. The van der Waals surface area contributed by atoms with Crippen LogP contribution in [0.1, 0.15) is 5.56 Å². The fourth-order valence-electron chi connectivity index (χ4n) is 2.07. The van der Waals surface area contributed by atoms with Crippen LogP contribution in [0.15, 0.2) is 53.0 Å². The molecule has 1 nitrogen and oxygen atoms in total. The van der Waals surface area contributed by atoms with E-state index in [0.29, 0.717) is 0 Å². The number of rotatable bonds is 1. The van der Waals surface area contributed by atoms with Gasteiger partial charge in [-0.05, 0) is 30.7 Å². The van der Waals surface area contributed by atoms with Crippen molar-refractivity contribution < 1.29 is 0 Å². The fourth-order valence-corrected chi connectivity index (χ4v) is 2.66. The van der Waals surface area contributed by atoms with E-state index in [2.05, 4.69) is 22.0 Å². The Balaban J connectivity index is 2.28.